The zero-order valence-electron chi connectivity index (χ0n) is 13.2. The van der Waals surface area contributed by atoms with Crippen LogP contribution in [0.25, 0.3) is 5.69 Å². The average molecular weight is 388 g/mol. The summed E-state index contributed by atoms with van der Waals surface area (Å²) in [6, 6.07) is 13.5. The number of carbonyl (C=O) groups is 1. The number of hydrogen-bond donors (Lipinski definition) is 1. The normalized spacial score (nSPS) is 10.7. The predicted molar refractivity (Wildman–Crippen MR) is 95.1 cm³/mol. The van der Waals surface area contributed by atoms with Crippen molar-refractivity contribution in [2.45, 2.75) is 13.8 Å². The van der Waals surface area contributed by atoms with Crippen molar-refractivity contribution in [3.05, 3.63) is 75.8 Å². The van der Waals surface area contributed by atoms with Gasteiger partial charge in [0.1, 0.15) is 5.82 Å². The highest BCUT2D eigenvalue weighted by molar-refractivity contribution is 9.10. The Labute approximate surface area is 147 Å². The summed E-state index contributed by atoms with van der Waals surface area (Å²) in [6.07, 6.45) is 0. The molecule has 0 atom stereocenters. The van der Waals surface area contributed by atoms with Crippen molar-refractivity contribution in [3.63, 3.8) is 0 Å². The first-order valence-electron chi connectivity index (χ1n) is 7.34. The number of halogens is 2. The van der Waals surface area contributed by atoms with Crippen molar-refractivity contribution in [2.75, 3.05) is 5.32 Å². The molecule has 0 unspecified atom stereocenters. The van der Waals surface area contributed by atoms with Gasteiger partial charge in [-0.1, -0.05) is 15.9 Å². The highest BCUT2D eigenvalue weighted by atomic mass is 79.9. The Balaban J connectivity index is 1.80. The molecule has 3 rings (SSSR count). The van der Waals surface area contributed by atoms with E-state index < -0.39 is 5.82 Å². The molecule has 1 heterocycles. The van der Waals surface area contributed by atoms with Crippen LogP contribution in [-0.4, -0.2) is 15.7 Å². The summed E-state index contributed by atoms with van der Waals surface area (Å²) in [5.41, 5.74) is 3.40. The van der Waals surface area contributed by atoms with Gasteiger partial charge in [-0.2, -0.15) is 5.10 Å². The van der Waals surface area contributed by atoms with E-state index >= 15 is 0 Å². The Morgan fingerprint density at radius 1 is 1.12 bits per heavy atom. The fraction of sp³-hybridized carbons (Fsp3) is 0.111. The number of nitrogens with zero attached hydrogens (tertiary/aromatic N) is 2. The van der Waals surface area contributed by atoms with Gasteiger partial charge in [-0.15, -0.1) is 0 Å². The van der Waals surface area contributed by atoms with Gasteiger partial charge in [0.2, 0.25) is 0 Å². The lowest BCUT2D eigenvalue weighted by Gasteiger charge is -2.08. The van der Waals surface area contributed by atoms with E-state index in [-0.39, 0.29) is 11.6 Å². The Kier molecular flexibility index (Phi) is 4.49. The van der Waals surface area contributed by atoms with Crippen LogP contribution < -0.4 is 5.32 Å². The molecule has 0 saturated carbocycles. The second kappa shape index (κ2) is 6.57. The number of aromatic nitrogens is 2. The van der Waals surface area contributed by atoms with Gasteiger partial charge in [0.05, 0.1) is 17.1 Å². The molecule has 3 aromatic rings. The van der Waals surface area contributed by atoms with Crippen LogP contribution in [0.1, 0.15) is 21.7 Å². The molecule has 24 heavy (non-hydrogen) atoms. The molecule has 0 bridgehead atoms. The maximum absolute atomic E-state index is 13.8. The third kappa shape index (κ3) is 3.38. The second-order valence-corrected chi connectivity index (χ2v) is 6.38. The summed E-state index contributed by atoms with van der Waals surface area (Å²) in [5.74, 6) is -0.854. The van der Waals surface area contributed by atoms with E-state index in [4.69, 9.17) is 0 Å². The fourth-order valence-corrected chi connectivity index (χ4v) is 2.76. The first-order chi connectivity index (χ1) is 11.4. The Morgan fingerprint density at radius 3 is 2.42 bits per heavy atom. The zero-order chi connectivity index (χ0) is 17.3. The third-order valence-electron chi connectivity index (χ3n) is 3.56. The zero-order valence-corrected chi connectivity index (χ0v) is 14.8. The molecule has 1 amide bonds. The smallest absolute Gasteiger partial charge is 0.255 e. The minimum Gasteiger partial charge on any atom is -0.319 e. The number of hydrogen-bond acceptors (Lipinski definition) is 2. The van der Waals surface area contributed by atoms with Gasteiger partial charge >= 0.3 is 0 Å². The maximum Gasteiger partial charge on any atom is 0.255 e. The molecule has 2 aromatic carbocycles. The quantitative estimate of drug-likeness (QED) is 0.711. The van der Waals surface area contributed by atoms with E-state index in [9.17, 15) is 9.18 Å². The van der Waals surface area contributed by atoms with Crippen LogP contribution >= 0.6 is 15.9 Å². The summed E-state index contributed by atoms with van der Waals surface area (Å²) in [5, 5.41) is 6.98. The van der Waals surface area contributed by atoms with Crippen LogP contribution in [0.3, 0.4) is 0 Å². The van der Waals surface area contributed by atoms with Crippen molar-refractivity contribution in [1.82, 2.24) is 9.78 Å². The third-order valence-corrected chi connectivity index (χ3v) is 4.06. The summed E-state index contributed by atoms with van der Waals surface area (Å²) >= 11 is 3.18. The van der Waals surface area contributed by atoms with Gasteiger partial charge in [0.25, 0.3) is 5.91 Å². The van der Waals surface area contributed by atoms with Crippen LogP contribution in [0.2, 0.25) is 0 Å². The minimum absolute atomic E-state index is 0.144. The van der Waals surface area contributed by atoms with Crippen LogP contribution in [0.5, 0.6) is 0 Å². The van der Waals surface area contributed by atoms with E-state index in [0.717, 1.165) is 17.1 Å². The van der Waals surface area contributed by atoms with Crippen LogP contribution in [-0.2, 0) is 0 Å². The largest absolute Gasteiger partial charge is 0.319 e. The predicted octanol–water partition coefficient (Wildman–Crippen LogP) is 4.64. The molecule has 4 nitrogen and oxygen atoms in total. The van der Waals surface area contributed by atoms with Gasteiger partial charge in [0, 0.05) is 15.7 Å². The van der Waals surface area contributed by atoms with E-state index in [0.29, 0.717) is 10.0 Å². The molecular formula is C18H15BrFN3O. The molecule has 0 aliphatic heterocycles. The van der Waals surface area contributed by atoms with Gasteiger partial charge in [-0.25, -0.2) is 9.07 Å². The number of nitrogens with one attached hydrogen (secondary N) is 1. The van der Waals surface area contributed by atoms with Crippen LogP contribution in [0, 0.1) is 19.7 Å². The molecule has 0 fully saturated rings. The standard InChI is InChI=1S/C18H15BrFN3O/c1-11-9-12(2)23(22-11)15-6-3-13(4-7-15)18(24)21-17-8-5-14(19)10-16(17)20/h3-10H,1-2H3,(H,21,24). The summed E-state index contributed by atoms with van der Waals surface area (Å²) in [4.78, 5) is 12.3. The van der Waals surface area contributed by atoms with E-state index in [1.807, 2.05) is 36.7 Å². The van der Waals surface area contributed by atoms with Gasteiger partial charge in [-0.3, -0.25) is 4.79 Å². The Morgan fingerprint density at radius 2 is 1.83 bits per heavy atom. The minimum atomic E-state index is -0.489. The molecule has 0 radical (unpaired) electrons. The van der Waals surface area contributed by atoms with Gasteiger partial charge in [-0.05, 0) is 62.4 Å². The van der Waals surface area contributed by atoms with Crippen LogP contribution in [0.4, 0.5) is 10.1 Å². The number of carbonyl (C=O) groups excluding carboxylic acids is 1. The van der Waals surface area contributed by atoms with Crippen molar-refractivity contribution < 1.29 is 9.18 Å². The molecule has 1 N–H and O–H groups in total. The summed E-state index contributed by atoms with van der Waals surface area (Å²) < 4.78 is 16.2. The van der Waals surface area contributed by atoms with E-state index in [1.165, 1.54) is 12.1 Å². The van der Waals surface area contributed by atoms with Gasteiger partial charge < -0.3 is 5.32 Å². The van der Waals surface area contributed by atoms with Crippen LogP contribution in [0.15, 0.2) is 53.0 Å². The maximum atomic E-state index is 13.8. The second-order valence-electron chi connectivity index (χ2n) is 5.46. The first kappa shape index (κ1) is 16.4. The number of amides is 1. The first-order valence-corrected chi connectivity index (χ1v) is 8.13. The number of aryl methyl sites for hydroxylation is 2. The highest BCUT2D eigenvalue weighted by Gasteiger charge is 2.11. The summed E-state index contributed by atoms with van der Waals surface area (Å²) in [7, 11) is 0. The van der Waals surface area contributed by atoms with E-state index in [2.05, 4.69) is 26.3 Å². The highest BCUT2D eigenvalue weighted by Crippen LogP contribution is 2.20. The average Bonchev–Trinajstić information content (AvgIpc) is 2.88. The molecule has 122 valence electrons. The van der Waals surface area contributed by atoms with Crippen molar-refractivity contribution in [3.8, 4) is 5.69 Å². The van der Waals surface area contributed by atoms with E-state index in [1.54, 1.807) is 18.2 Å². The monoisotopic (exact) mass is 387 g/mol. The molecular weight excluding hydrogens is 373 g/mol. The van der Waals surface area contributed by atoms with Crippen molar-refractivity contribution >= 4 is 27.5 Å². The lowest BCUT2D eigenvalue weighted by Crippen LogP contribution is -2.13. The fourth-order valence-electron chi connectivity index (χ4n) is 2.43. The van der Waals surface area contributed by atoms with Gasteiger partial charge in [0.15, 0.2) is 0 Å². The number of rotatable bonds is 3. The Hall–Kier alpha value is -2.47. The molecule has 0 aliphatic carbocycles. The number of benzene rings is 2. The topological polar surface area (TPSA) is 46.9 Å². The Bertz CT molecular complexity index is 903. The molecule has 0 aliphatic rings. The molecule has 0 spiro atoms. The summed E-state index contributed by atoms with van der Waals surface area (Å²) in [6.45, 7) is 3.90. The van der Waals surface area contributed by atoms with Crippen molar-refractivity contribution in [2.24, 2.45) is 0 Å². The molecule has 1 aromatic heterocycles. The SMILES string of the molecule is Cc1cc(C)n(-c2ccc(C(=O)Nc3ccc(Br)cc3F)cc2)n1. The lowest BCUT2D eigenvalue weighted by molar-refractivity contribution is 0.102. The lowest BCUT2D eigenvalue weighted by atomic mass is 10.2. The number of anilines is 1. The molecule has 0 saturated heterocycles. The van der Waals surface area contributed by atoms with Crippen molar-refractivity contribution in [1.29, 1.82) is 0 Å². The molecule has 6 heteroatoms.